The molecule has 4 nitrogen and oxygen atoms in total. The first kappa shape index (κ1) is 13.7. The largest absolute Gasteiger partial charge is 0.303 e. The third-order valence-corrected chi connectivity index (χ3v) is 3.69. The van der Waals surface area contributed by atoms with Gasteiger partial charge in [0, 0.05) is 23.7 Å². The Hall–Kier alpha value is -1.76. The second-order valence-electron chi connectivity index (χ2n) is 5.11. The smallest absolute Gasteiger partial charge is 0.232 e. The fourth-order valence-corrected chi connectivity index (χ4v) is 2.69. The molecule has 1 heterocycles. The molecule has 1 aliphatic rings. The lowest BCUT2D eigenvalue weighted by atomic mass is 9.95. The fraction of sp³-hybridized carbons (Fsp3) is 0.600. The summed E-state index contributed by atoms with van der Waals surface area (Å²) in [5.41, 5.74) is 1.81. The summed E-state index contributed by atoms with van der Waals surface area (Å²) in [7, 11) is 0. The number of aryl methyl sites for hydroxylation is 1. The number of hydrogen-bond donors (Lipinski definition) is 0. The zero-order chi connectivity index (χ0) is 13.5. The van der Waals surface area contributed by atoms with E-state index in [0.717, 1.165) is 30.5 Å². The maximum Gasteiger partial charge on any atom is 0.232 e. The molecule has 0 N–H and O–H groups in total. The Balaban J connectivity index is 2.22. The van der Waals surface area contributed by atoms with Crippen LogP contribution in [0.1, 0.15) is 68.1 Å². The van der Waals surface area contributed by atoms with Crippen molar-refractivity contribution in [1.29, 1.82) is 5.26 Å². The third-order valence-electron chi connectivity index (χ3n) is 3.69. The Kier molecular flexibility index (Phi) is 5.02. The molecule has 1 aromatic heterocycles. The molecule has 0 aromatic carbocycles. The summed E-state index contributed by atoms with van der Waals surface area (Å²) in [5, 5.41) is 9.02. The van der Waals surface area contributed by atoms with Crippen molar-refractivity contribution in [3.63, 3.8) is 0 Å². The van der Waals surface area contributed by atoms with Crippen LogP contribution < -0.4 is 0 Å². The van der Waals surface area contributed by atoms with Gasteiger partial charge < -0.3 is 4.79 Å². The maximum absolute atomic E-state index is 10.5. The minimum absolute atomic E-state index is 0.239. The van der Waals surface area contributed by atoms with E-state index in [1.165, 1.54) is 25.7 Å². The van der Waals surface area contributed by atoms with E-state index in [2.05, 4.69) is 9.97 Å². The van der Waals surface area contributed by atoms with Gasteiger partial charge in [0.25, 0.3) is 0 Å². The van der Waals surface area contributed by atoms with Crippen LogP contribution in [0.4, 0.5) is 0 Å². The molecule has 0 spiro atoms. The van der Waals surface area contributed by atoms with Crippen molar-refractivity contribution in [2.75, 3.05) is 0 Å². The summed E-state index contributed by atoms with van der Waals surface area (Å²) in [6.07, 6.45) is 9.30. The van der Waals surface area contributed by atoms with Crippen molar-refractivity contribution < 1.29 is 4.79 Å². The molecule has 4 heteroatoms. The topological polar surface area (TPSA) is 66.6 Å². The van der Waals surface area contributed by atoms with E-state index in [9.17, 15) is 4.79 Å². The van der Waals surface area contributed by atoms with E-state index in [-0.39, 0.29) is 5.82 Å². The number of rotatable bonds is 4. The zero-order valence-corrected chi connectivity index (χ0v) is 11.1. The quantitative estimate of drug-likeness (QED) is 0.614. The Morgan fingerprint density at radius 1 is 1.26 bits per heavy atom. The molecule has 1 aliphatic carbocycles. The van der Waals surface area contributed by atoms with Crippen LogP contribution in [0, 0.1) is 11.3 Å². The highest BCUT2D eigenvalue weighted by molar-refractivity contribution is 5.49. The molecule has 0 aliphatic heterocycles. The van der Waals surface area contributed by atoms with Crippen molar-refractivity contribution in [1.82, 2.24) is 9.97 Å². The molecule has 0 radical (unpaired) electrons. The monoisotopic (exact) mass is 257 g/mol. The molecule has 0 bridgehead atoms. The van der Waals surface area contributed by atoms with Gasteiger partial charge in [-0.1, -0.05) is 25.7 Å². The third kappa shape index (κ3) is 3.85. The molecule has 1 fully saturated rings. The molecule has 0 saturated heterocycles. The average Bonchev–Trinajstić information content (AvgIpc) is 2.73. The van der Waals surface area contributed by atoms with Crippen LogP contribution in [0.3, 0.4) is 0 Å². The van der Waals surface area contributed by atoms with E-state index >= 15 is 0 Å². The molecular formula is C15H19N3O. The van der Waals surface area contributed by atoms with Crippen LogP contribution in [0.15, 0.2) is 6.07 Å². The number of hydrogen-bond acceptors (Lipinski definition) is 4. The summed E-state index contributed by atoms with van der Waals surface area (Å²) in [6.45, 7) is 0. The van der Waals surface area contributed by atoms with Gasteiger partial charge in [0.1, 0.15) is 12.4 Å². The van der Waals surface area contributed by atoms with Gasteiger partial charge in [-0.2, -0.15) is 5.26 Å². The summed E-state index contributed by atoms with van der Waals surface area (Å²) in [6, 6.07) is 4.01. The minimum atomic E-state index is 0.239. The first-order valence-electron chi connectivity index (χ1n) is 7.05. The minimum Gasteiger partial charge on any atom is -0.303 e. The zero-order valence-electron chi connectivity index (χ0n) is 11.1. The summed E-state index contributed by atoms with van der Waals surface area (Å²) in [4.78, 5) is 19.0. The van der Waals surface area contributed by atoms with Gasteiger partial charge in [-0.15, -0.1) is 0 Å². The number of nitriles is 1. The summed E-state index contributed by atoms with van der Waals surface area (Å²) < 4.78 is 0. The van der Waals surface area contributed by atoms with Gasteiger partial charge in [-0.05, 0) is 25.3 Å². The lowest BCUT2D eigenvalue weighted by molar-refractivity contribution is -0.107. The fourth-order valence-electron chi connectivity index (χ4n) is 2.69. The van der Waals surface area contributed by atoms with E-state index in [1.54, 1.807) is 0 Å². The van der Waals surface area contributed by atoms with Crippen LogP contribution in [0.25, 0.3) is 0 Å². The van der Waals surface area contributed by atoms with E-state index in [4.69, 9.17) is 5.26 Å². The molecule has 0 amide bonds. The van der Waals surface area contributed by atoms with Crippen molar-refractivity contribution in [2.45, 2.75) is 57.3 Å². The van der Waals surface area contributed by atoms with Crippen molar-refractivity contribution in [3.05, 3.63) is 23.3 Å². The lowest BCUT2D eigenvalue weighted by Gasteiger charge is -2.14. The second-order valence-corrected chi connectivity index (χ2v) is 5.11. The Labute approximate surface area is 113 Å². The predicted molar refractivity (Wildman–Crippen MR) is 71.6 cm³/mol. The Morgan fingerprint density at radius 2 is 2.00 bits per heavy atom. The molecule has 1 saturated carbocycles. The van der Waals surface area contributed by atoms with E-state index in [1.807, 2.05) is 12.1 Å². The standard InChI is InChI=1S/C15H19N3O/c16-11-15-17-13(8-5-9-19)10-14(18-15)12-6-3-1-2-4-7-12/h9-10,12H,1-8H2. The van der Waals surface area contributed by atoms with Crippen LogP contribution in [-0.4, -0.2) is 16.3 Å². The highest BCUT2D eigenvalue weighted by Crippen LogP contribution is 2.30. The number of carbonyl (C=O) groups excluding carboxylic acids is 1. The first-order chi connectivity index (χ1) is 9.33. The maximum atomic E-state index is 10.5. The molecule has 100 valence electrons. The van der Waals surface area contributed by atoms with Crippen LogP contribution in [0.5, 0.6) is 0 Å². The lowest BCUT2D eigenvalue weighted by Crippen LogP contribution is -2.06. The molecule has 1 aromatic rings. The number of aromatic nitrogens is 2. The normalized spacial score (nSPS) is 16.6. The van der Waals surface area contributed by atoms with Gasteiger partial charge in [-0.25, -0.2) is 9.97 Å². The van der Waals surface area contributed by atoms with Crippen molar-refractivity contribution in [3.8, 4) is 6.07 Å². The Bertz CT molecular complexity index is 471. The number of carbonyl (C=O) groups is 1. The SMILES string of the molecule is N#Cc1nc(CCC=O)cc(C2CCCCCC2)n1. The summed E-state index contributed by atoms with van der Waals surface area (Å²) >= 11 is 0. The van der Waals surface area contributed by atoms with Gasteiger partial charge >= 0.3 is 0 Å². The highest BCUT2D eigenvalue weighted by atomic mass is 16.1. The molecule has 19 heavy (non-hydrogen) atoms. The first-order valence-corrected chi connectivity index (χ1v) is 7.05. The second kappa shape index (κ2) is 6.98. The van der Waals surface area contributed by atoms with E-state index < -0.39 is 0 Å². The molecular weight excluding hydrogens is 238 g/mol. The number of aldehydes is 1. The van der Waals surface area contributed by atoms with Crippen LogP contribution in [-0.2, 0) is 11.2 Å². The summed E-state index contributed by atoms with van der Waals surface area (Å²) in [5.74, 6) is 0.690. The number of nitrogens with zero attached hydrogens (tertiary/aromatic N) is 3. The van der Waals surface area contributed by atoms with Gasteiger partial charge in [-0.3, -0.25) is 0 Å². The predicted octanol–water partition coefficient (Wildman–Crippen LogP) is 2.92. The van der Waals surface area contributed by atoms with Gasteiger partial charge in [0.2, 0.25) is 5.82 Å². The Morgan fingerprint density at radius 3 is 2.63 bits per heavy atom. The molecule has 0 atom stereocenters. The van der Waals surface area contributed by atoms with E-state index in [0.29, 0.717) is 18.8 Å². The molecule has 0 unspecified atom stereocenters. The van der Waals surface area contributed by atoms with Crippen molar-refractivity contribution >= 4 is 6.29 Å². The average molecular weight is 257 g/mol. The van der Waals surface area contributed by atoms with Crippen LogP contribution in [0.2, 0.25) is 0 Å². The highest BCUT2D eigenvalue weighted by Gasteiger charge is 2.17. The van der Waals surface area contributed by atoms with Gasteiger partial charge in [0.05, 0.1) is 0 Å². The van der Waals surface area contributed by atoms with Crippen molar-refractivity contribution in [2.24, 2.45) is 0 Å². The molecule has 2 rings (SSSR count). The van der Waals surface area contributed by atoms with Crippen LogP contribution >= 0.6 is 0 Å². The van der Waals surface area contributed by atoms with Gasteiger partial charge in [0.15, 0.2) is 0 Å².